The third-order valence-electron chi connectivity index (χ3n) is 3.95. The number of morpholine rings is 1. The molecule has 22 heavy (non-hydrogen) atoms. The third kappa shape index (κ3) is 3.74. The molecule has 0 radical (unpaired) electrons. The summed E-state index contributed by atoms with van der Waals surface area (Å²) in [6, 6.07) is 2.23. The Morgan fingerprint density at radius 2 is 2.14 bits per heavy atom. The molecule has 3 rings (SSSR count). The molecule has 1 saturated heterocycles. The second kappa shape index (κ2) is 7.35. The molecule has 0 atom stereocenters. The van der Waals surface area contributed by atoms with E-state index in [1.807, 2.05) is 6.92 Å². The van der Waals surface area contributed by atoms with Gasteiger partial charge in [-0.05, 0) is 32.4 Å². The Bertz CT molecular complexity index is 622. The number of nitrogens with one attached hydrogen (secondary N) is 1. The van der Waals surface area contributed by atoms with Crippen LogP contribution in [-0.4, -0.2) is 54.3 Å². The maximum absolute atomic E-state index is 5.38. The average Bonchev–Trinajstić information content (AvgIpc) is 2.95. The molecule has 2 aromatic heterocycles. The molecule has 1 aliphatic heterocycles. The standard InChI is InChI=1S/C16H24N4OS/c1-3-13-11-14-15(18-12(2)19-16(14)22-13)17-5-4-6-20-7-9-21-10-8-20/h11H,3-10H2,1-2H3,(H,17,18,19). The maximum atomic E-state index is 5.38. The van der Waals surface area contributed by atoms with Gasteiger partial charge in [0.1, 0.15) is 16.5 Å². The molecule has 0 amide bonds. The molecule has 1 N–H and O–H groups in total. The number of aryl methyl sites for hydroxylation is 2. The molecule has 0 aliphatic carbocycles. The summed E-state index contributed by atoms with van der Waals surface area (Å²) in [4.78, 5) is 14.1. The number of nitrogens with zero attached hydrogens (tertiary/aromatic N) is 3. The van der Waals surface area contributed by atoms with Gasteiger partial charge in [0.2, 0.25) is 0 Å². The van der Waals surface area contributed by atoms with Crippen LogP contribution in [-0.2, 0) is 11.2 Å². The van der Waals surface area contributed by atoms with E-state index < -0.39 is 0 Å². The van der Waals surface area contributed by atoms with Crippen LogP contribution in [0.2, 0.25) is 0 Å². The van der Waals surface area contributed by atoms with E-state index in [0.717, 1.165) is 68.7 Å². The van der Waals surface area contributed by atoms with Crippen molar-refractivity contribution in [2.45, 2.75) is 26.7 Å². The molecular formula is C16H24N4OS. The van der Waals surface area contributed by atoms with Crippen molar-refractivity contribution >= 4 is 27.4 Å². The molecule has 0 aromatic carbocycles. The summed E-state index contributed by atoms with van der Waals surface area (Å²) in [5.41, 5.74) is 0. The highest BCUT2D eigenvalue weighted by molar-refractivity contribution is 7.18. The van der Waals surface area contributed by atoms with Crippen LogP contribution in [0.5, 0.6) is 0 Å². The first-order valence-corrected chi connectivity index (χ1v) is 8.89. The number of ether oxygens (including phenoxy) is 1. The van der Waals surface area contributed by atoms with E-state index in [2.05, 4.69) is 33.2 Å². The first-order valence-electron chi connectivity index (χ1n) is 8.07. The zero-order valence-corrected chi connectivity index (χ0v) is 14.2. The molecule has 1 fully saturated rings. The normalized spacial score (nSPS) is 16.3. The zero-order valence-electron chi connectivity index (χ0n) is 13.4. The van der Waals surface area contributed by atoms with Crippen molar-refractivity contribution < 1.29 is 4.74 Å². The van der Waals surface area contributed by atoms with Crippen LogP contribution in [0, 0.1) is 6.92 Å². The SMILES string of the molecule is CCc1cc2c(NCCCN3CCOCC3)nc(C)nc2s1. The van der Waals surface area contributed by atoms with Crippen LogP contribution in [0.25, 0.3) is 10.2 Å². The first-order chi connectivity index (χ1) is 10.8. The maximum Gasteiger partial charge on any atom is 0.138 e. The van der Waals surface area contributed by atoms with Gasteiger partial charge in [0, 0.05) is 24.5 Å². The van der Waals surface area contributed by atoms with Crippen LogP contribution < -0.4 is 5.32 Å². The molecule has 6 heteroatoms. The largest absolute Gasteiger partial charge is 0.379 e. The molecule has 2 aromatic rings. The lowest BCUT2D eigenvalue weighted by Crippen LogP contribution is -2.37. The Morgan fingerprint density at radius 3 is 2.91 bits per heavy atom. The Labute approximate surface area is 135 Å². The molecule has 0 spiro atoms. The Hall–Kier alpha value is -1.24. The van der Waals surface area contributed by atoms with Gasteiger partial charge in [0.15, 0.2) is 0 Å². The average molecular weight is 320 g/mol. The molecule has 3 heterocycles. The lowest BCUT2D eigenvalue weighted by Gasteiger charge is -2.26. The summed E-state index contributed by atoms with van der Waals surface area (Å²) in [5.74, 6) is 1.83. The second-order valence-corrected chi connectivity index (χ2v) is 6.75. The summed E-state index contributed by atoms with van der Waals surface area (Å²) < 4.78 is 5.38. The summed E-state index contributed by atoms with van der Waals surface area (Å²) in [6.07, 6.45) is 2.17. The summed E-state index contributed by atoms with van der Waals surface area (Å²) in [7, 11) is 0. The van der Waals surface area contributed by atoms with Crippen molar-refractivity contribution in [3.63, 3.8) is 0 Å². The van der Waals surface area contributed by atoms with E-state index in [4.69, 9.17) is 4.74 Å². The van der Waals surface area contributed by atoms with Crippen LogP contribution >= 0.6 is 11.3 Å². The number of hydrogen-bond donors (Lipinski definition) is 1. The highest BCUT2D eigenvalue weighted by Crippen LogP contribution is 2.29. The molecular weight excluding hydrogens is 296 g/mol. The first kappa shape index (κ1) is 15.6. The fourth-order valence-electron chi connectivity index (χ4n) is 2.72. The molecule has 0 saturated carbocycles. The van der Waals surface area contributed by atoms with E-state index >= 15 is 0 Å². The van der Waals surface area contributed by atoms with Gasteiger partial charge in [-0.1, -0.05) is 6.92 Å². The van der Waals surface area contributed by atoms with Crippen LogP contribution in [0.4, 0.5) is 5.82 Å². The Morgan fingerprint density at radius 1 is 1.32 bits per heavy atom. The minimum absolute atomic E-state index is 0.840. The number of aromatic nitrogens is 2. The van der Waals surface area contributed by atoms with Crippen molar-refractivity contribution in [1.29, 1.82) is 0 Å². The van der Waals surface area contributed by atoms with Gasteiger partial charge in [0.25, 0.3) is 0 Å². The lowest BCUT2D eigenvalue weighted by atomic mass is 10.3. The molecule has 0 unspecified atom stereocenters. The van der Waals surface area contributed by atoms with Crippen molar-refractivity contribution in [2.24, 2.45) is 0 Å². The molecule has 120 valence electrons. The fourth-order valence-corrected chi connectivity index (χ4v) is 3.73. The van der Waals surface area contributed by atoms with Crippen LogP contribution in [0.15, 0.2) is 6.07 Å². The summed E-state index contributed by atoms with van der Waals surface area (Å²) in [6.45, 7) is 10.1. The van der Waals surface area contributed by atoms with Gasteiger partial charge in [-0.25, -0.2) is 9.97 Å². The predicted molar refractivity (Wildman–Crippen MR) is 91.9 cm³/mol. The van der Waals surface area contributed by atoms with Gasteiger partial charge >= 0.3 is 0 Å². The number of anilines is 1. The van der Waals surface area contributed by atoms with Crippen molar-refractivity contribution in [1.82, 2.24) is 14.9 Å². The van der Waals surface area contributed by atoms with Crippen molar-refractivity contribution in [3.05, 3.63) is 16.8 Å². The lowest BCUT2D eigenvalue weighted by molar-refractivity contribution is 0.0378. The van der Waals surface area contributed by atoms with E-state index in [1.165, 1.54) is 10.3 Å². The van der Waals surface area contributed by atoms with Gasteiger partial charge in [-0.2, -0.15) is 0 Å². The van der Waals surface area contributed by atoms with E-state index in [9.17, 15) is 0 Å². The number of hydrogen-bond acceptors (Lipinski definition) is 6. The molecule has 5 nitrogen and oxygen atoms in total. The highest BCUT2D eigenvalue weighted by Gasteiger charge is 2.11. The van der Waals surface area contributed by atoms with Crippen molar-refractivity contribution in [2.75, 3.05) is 44.7 Å². The smallest absolute Gasteiger partial charge is 0.138 e. The van der Waals surface area contributed by atoms with Gasteiger partial charge in [-0.15, -0.1) is 11.3 Å². The number of fused-ring (bicyclic) bond motifs is 1. The van der Waals surface area contributed by atoms with Gasteiger partial charge in [0.05, 0.1) is 18.6 Å². The van der Waals surface area contributed by atoms with Gasteiger partial charge in [-0.3, -0.25) is 4.90 Å². The molecule has 0 bridgehead atoms. The second-order valence-electron chi connectivity index (χ2n) is 5.64. The molecule has 1 aliphatic rings. The number of thiophene rings is 1. The highest BCUT2D eigenvalue weighted by atomic mass is 32.1. The van der Waals surface area contributed by atoms with E-state index in [1.54, 1.807) is 11.3 Å². The van der Waals surface area contributed by atoms with Crippen LogP contribution in [0.3, 0.4) is 0 Å². The van der Waals surface area contributed by atoms with Crippen molar-refractivity contribution in [3.8, 4) is 0 Å². The zero-order chi connectivity index (χ0) is 15.4. The topological polar surface area (TPSA) is 50.3 Å². The Kier molecular flexibility index (Phi) is 5.23. The predicted octanol–water partition coefficient (Wildman–Crippen LogP) is 2.70. The third-order valence-corrected chi connectivity index (χ3v) is 5.12. The number of rotatable bonds is 6. The van der Waals surface area contributed by atoms with E-state index in [-0.39, 0.29) is 0 Å². The quantitative estimate of drug-likeness (QED) is 0.829. The Balaban J connectivity index is 1.59. The minimum Gasteiger partial charge on any atom is -0.379 e. The van der Waals surface area contributed by atoms with Gasteiger partial charge < -0.3 is 10.1 Å². The monoisotopic (exact) mass is 320 g/mol. The minimum atomic E-state index is 0.840. The fraction of sp³-hybridized carbons (Fsp3) is 0.625. The van der Waals surface area contributed by atoms with Crippen LogP contribution in [0.1, 0.15) is 24.0 Å². The van der Waals surface area contributed by atoms with E-state index in [0.29, 0.717) is 0 Å². The summed E-state index contributed by atoms with van der Waals surface area (Å²) in [5, 5.41) is 4.67. The summed E-state index contributed by atoms with van der Waals surface area (Å²) >= 11 is 1.77.